The second-order valence-electron chi connectivity index (χ2n) is 5.60. The van der Waals surface area contributed by atoms with E-state index >= 15 is 0 Å². The van der Waals surface area contributed by atoms with Gasteiger partial charge in [0.1, 0.15) is 11.4 Å². The molecule has 2 aromatic rings. The first-order valence-corrected chi connectivity index (χ1v) is 7.10. The predicted molar refractivity (Wildman–Crippen MR) is 82.2 cm³/mol. The molecule has 0 radical (unpaired) electrons. The minimum Gasteiger partial charge on any atom is -0.383 e. The van der Waals surface area contributed by atoms with Crippen LogP contribution in [0.5, 0.6) is 0 Å². The summed E-state index contributed by atoms with van der Waals surface area (Å²) in [5, 5.41) is 17.1. The second kappa shape index (κ2) is 6.89. The highest BCUT2D eigenvalue weighted by Crippen LogP contribution is 2.19. The Labute approximate surface area is 133 Å². The van der Waals surface area contributed by atoms with Crippen LogP contribution in [0.3, 0.4) is 0 Å². The molecule has 23 heavy (non-hydrogen) atoms. The first-order valence-electron chi connectivity index (χ1n) is 7.10. The van der Waals surface area contributed by atoms with Crippen LogP contribution in [-0.2, 0) is 24.0 Å². The fourth-order valence-electron chi connectivity index (χ4n) is 2.14. The van der Waals surface area contributed by atoms with Crippen LogP contribution in [0.25, 0.3) is 0 Å². The summed E-state index contributed by atoms with van der Waals surface area (Å²) < 4.78 is 20.0. The molecule has 1 aromatic heterocycles. The maximum atomic E-state index is 13.6. The predicted octanol–water partition coefficient (Wildman–Crippen LogP) is 1.34. The van der Waals surface area contributed by atoms with Crippen LogP contribution < -0.4 is 5.32 Å². The lowest BCUT2D eigenvalue weighted by molar-refractivity contribution is 0.0525. The average molecular weight is 321 g/mol. The maximum Gasteiger partial charge on any atom is 0.251 e. The monoisotopic (exact) mass is 321 g/mol. The van der Waals surface area contributed by atoms with Gasteiger partial charge < -0.3 is 15.2 Å². The maximum absolute atomic E-state index is 13.6. The van der Waals surface area contributed by atoms with E-state index < -0.39 is 17.3 Å². The molecule has 124 valence electrons. The van der Waals surface area contributed by atoms with Crippen molar-refractivity contribution >= 4 is 5.91 Å². The summed E-state index contributed by atoms with van der Waals surface area (Å²) in [6, 6.07) is 4.05. The number of nitrogens with zero attached hydrogens (tertiary/aromatic N) is 2. The third-order valence-electron chi connectivity index (χ3n) is 3.53. The number of rotatable bonds is 6. The zero-order valence-corrected chi connectivity index (χ0v) is 13.3. The molecular formula is C16H20FN3O3. The normalized spacial score (nSPS) is 13.6. The van der Waals surface area contributed by atoms with Gasteiger partial charge in [0.15, 0.2) is 0 Å². The summed E-state index contributed by atoms with van der Waals surface area (Å²) in [6.07, 6.45) is 3.22. The first kappa shape index (κ1) is 17.1. The molecule has 7 heteroatoms. The smallest absolute Gasteiger partial charge is 0.251 e. The van der Waals surface area contributed by atoms with Crippen molar-refractivity contribution in [2.45, 2.75) is 19.1 Å². The number of ether oxygens (including phenoxy) is 1. The Balaban J connectivity index is 2.06. The van der Waals surface area contributed by atoms with Crippen LogP contribution in [0, 0.1) is 5.82 Å². The Morgan fingerprint density at radius 2 is 2.26 bits per heavy atom. The summed E-state index contributed by atoms with van der Waals surface area (Å²) in [5.41, 5.74) is -0.0432. The zero-order valence-electron chi connectivity index (χ0n) is 13.3. The molecule has 0 spiro atoms. The Bertz CT molecular complexity index is 698. The van der Waals surface area contributed by atoms with Gasteiger partial charge in [-0.25, -0.2) is 4.39 Å². The number of methoxy groups -OCH3 is 1. The van der Waals surface area contributed by atoms with E-state index in [0.717, 1.165) is 0 Å². The molecule has 2 rings (SSSR count). The van der Waals surface area contributed by atoms with Gasteiger partial charge in [-0.2, -0.15) is 5.10 Å². The van der Waals surface area contributed by atoms with E-state index in [4.69, 9.17) is 4.74 Å². The molecule has 0 aliphatic rings. The van der Waals surface area contributed by atoms with Gasteiger partial charge in [0.2, 0.25) is 0 Å². The van der Waals surface area contributed by atoms with Crippen LogP contribution in [0.15, 0.2) is 30.6 Å². The molecule has 0 bridgehead atoms. The van der Waals surface area contributed by atoms with Gasteiger partial charge in [0, 0.05) is 37.0 Å². The van der Waals surface area contributed by atoms with Crippen molar-refractivity contribution in [3.8, 4) is 0 Å². The van der Waals surface area contributed by atoms with E-state index in [0.29, 0.717) is 16.7 Å². The van der Waals surface area contributed by atoms with Gasteiger partial charge in [-0.1, -0.05) is 0 Å². The summed E-state index contributed by atoms with van der Waals surface area (Å²) >= 11 is 0. The molecule has 0 aliphatic heterocycles. The van der Waals surface area contributed by atoms with Crippen molar-refractivity contribution in [1.82, 2.24) is 15.1 Å². The summed E-state index contributed by atoms with van der Waals surface area (Å²) in [4.78, 5) is 12.2. The highest BCUT2D eigenvalue weighted by atomic mass is 19.1. The molecule has 0 aliphatic carbocycles. The standard InChI is InChI=1S/C16H20FN3O3/c1-16(22,13-7-19-20(2)8-13)10-18-15(21)11-4-5-14(17)12(6-11)9-23-3/h4-8,22H,9-10H2,1-3H3,(H,18,21). The zero-order chi connectivity index (χ0) is 17.0. The largest absolute Gasteiger partial charge is 0.383 e. The first-order chi connectivity index (χ1) is 10.8. The van der Waals surface area contributed by atoms with Crippen LogP contribution in [0.2, 0.25) is 0 Å². The number of hydrogen-bond donors (Lipinski definition) is 2. The fraction of sp³-hybridized carbons (Fsp3) is 0.375. The van der Waals surface area contributed by atoms with Gasteiger partial charge in [-0.3, -0.25) is 9.48 Å². The number of carbonyl (C=O) groups is 1. The lowest BCUT2D eigenvalue weighted by Crippen LogP contribution is -2.38. The minimum absolute atomic E-state index is 0.00845. The van der Waals surface area contributed by atoms with Crippen molar-refractivity contribution in [2.24, 2.45) is 7.05 Å². The molecule has 1 heterocycles. The van der Waals surface area contributed by atoms with Gasteiger partial charge in [0.05, 0.1) is 19.3 Å². The number of hydrogen-bond acceptors (Lipinski definition) is 4. The van der Waals surface area contributed by atoms with Gasteiger partial charge in [-0.05, 0) is 25.1 Å². The molecule has 1 atom stereocenters. The third-order valence-corrected chi connectivity index (χ3v) is 3.53. The SMILES string of the molecule is COCc1cc(C(=O)NCC(C)(O)c2cnn(C)c2)ccc1F. The molecule has 0 fully saturated rings. The van der Waals surface area contributed by atoms with Crippen molar-refractivity contribution in [3.05, 3.63) is 53.1 Å². The number of nitrogens with one attached hydrogen (secondary N) is 1. The fourth-order valence-corrected chi connectivity index (χ4v) is 2.14. The average Bonchev–Trinajstić information content (AvgIpc) is 2.95. The van der Waals surface area contributed by atoms with Crippen molar-refractivity contribution in [3.63, 3.8) is 0 Å². The van der Waals surface area contributed by atoms with Crippen molar-refractivity contribution in [2.75, 3.05) is 13.7 Å². The number of carbonyl (C=O) groups excluding carboxylic acids is 1. The molecular weight excluding hydrogens is 301 g/mol. The lowest BCUT2D eigenvalue weighted by atomic mass is 9.99. The molecule has 1 unspecified atom stereocenters. The van der Waals surface area contributed by atoms with Gasteiger partial charge in [-0.15, -0.1) is 0 Å². The van der Waals surface area contributed by atoms with Crippen molar-refractivity contribution < 1.29 is 19.0 Å². The molecule has 6 nitrogen and oxygen atoms in total. The number of aryl methyl sites for hydroxylation is 1. The lowest BCUT2D eigenvalue weighted by Gasteiger charge is -2.22. The van der Waals surface area contributed by atoms with E-state index in [1.807, 2.05) is 0 Å². The number of amides is 1. The Hall–Kier alpha value is -2.25. The quantitative estimate of drug-likeness (QED) is 0.842. The number of benzene rings is 1. The Morgan fingerprint density at radius 3 is 2.87 bits per heavy atom. The molecule has 0 saturated carbocycles. The van der Waals surface area contributed by atoms with Crippen LogP contribution in [-0.4, -0.2) is 34.4 Å². The number of halogens is 1. The van der Waals surface area contributed by atoms with Crippen LogP contribution in [0.4, 0.5) is 4.39 Å². The molecule has 2 N–H and O–H groups in total. The van der Waals surface area contributed by atoms with Gasteiger partial charge >= 0.3 is 0 Å². The highest BCUT2D eigenvalue weighted by molar-refractivity contribution is 5.94. The topological polar surface area (TPSA) is 76.4 Å². The third kappa shape index (κ3) is 4.14. The number of aromatic nitrogens is 2. The van der Waals surface area contributed by atoms with E-state index in [1.165, 1.54) is 25.3 Å². The van der Waals surface area contributed by atoms with E-state index in [9.17, 15) is 14.3 Å². The second-order valence-corrected chi connectivity index (χ2v) is 5.60. The Kier molecular flexibility index (Phi) is 5.12. The molecule has 0 saturated heterocycles. The summed E-state index contributed by atoms with van der Waals surface area (Å²) in [6.45, 7) is 1.68. The molecule has 1 amide bonds. The van der Waals surface area contributed by atoms with Crippen molar-refractivity contribution in [1.29, 1.82) is 0 Å². The van der Waals surface area contributed by atoms with E-state index in [2.05, 4.69) is 10.4 Å². The minimum atomic E-state index is -1.25. The van der Waals surface area contributed by atoms with Crippen LogP contribution >= 0.6 is 0 Å². The van der Waals surface area contributed by atoms with E-state index in [-0.39, 0.29) is 13.2 Å². The van der Waals surface area contributed by atoms with Gasteiger partial charge in [0.25, 0.3) is 5.91 Å². The summed E-state index contributed by atoms with van der Waals surface area (Å²) in [7, 11) is 3.20. The number of aliphatic hydroxyl groups is 1. The highest BCUT2D eigenvalue weighted by Gasteiger charge is 2.25. The van der Waals surface area contributed by atoms with E-state index in [1.54, 1.807) is 31.0 Å². The van der Waals surface area contributed by atoms with Crippen LogP contribution in [0.1, 0.15) is 28.4 Å². The molecule has 1 aromatic carbocycles. The Morgan fingerprint density at radius 1 is 1.52 bits per heavy atom. The summed E-state index contributed by atoms with van der Waals surface area (Å²) in [5.74, 6) is -0.822.